The molecule has 4 heteroatoms. The molecule has 0 radical (unpaired) electrons. The number of nitrogen functional groups attached to an aromatic ring is 2. The van der Waals surface area contributed by atoms with Gasteiger partial charge in [0.2, 0.25) is 0 Å². The van der Waals surface area contributed by atoms with E-state index < -0.39 is 0 Å². The molecule has 0 amide bonds. The van der Waals surface area contributed by atoms with Gasteiger partial charge < -0.3 is 11.5 Å². The van der Waals surface area contributed by atoms with Crippen LogP contribution in [0.2, 0.25) is 0 Å². The van der Waals surface area contributed by atoms with Gasteiger partial charge in [-0.25, -0.2) is 0 Å². The van der Waals surface area contributed by atoms with Gasteiger partial charge in [-0.15, -0.1) is 0 Å². The van der Waals surface area contributed by atoms with E-state index in [-0.39, 0.29) is 11.6 Å². The van der Waals surface area contributed by atoms with Crippen molar-refractivity contribution in [2.24, 2.45) is 0 Å². The molecule has 0 unspecified atom stereocenters. The van der Waals surface area contributed by atoms with Crippen LogP contribution < -0.4 is 11.5 Å². The summed E-state index contributed by atoms with van der Waals surface area (Å²) in [5.41, 5.74) is 15.1. The molecule has 0 bridgehead atoms. The molecule has 4 N–H and O–H groups in total. The Morgan fingerprint density at radius 2 is 0.867 bits per heavy atom. The van der Waals surface area contributed by atoms with Gasteiger partial charge in [-0.3, -0.25) is 9.59 Å². The third kappa shape index (κ3) is 5.42. The molecule has 0 saturated carbocycles. The van der Waals surface area contributed by atoms with E-state index in [1.807, 2.05) is 60.7 Å². The standard InChI is InChI=1S/C13H12N2O.C13H10O/c14-11-6-4-9(5-7-11)13(16)10-2-1-3-12(15)8-10;14-13(11-7-3-1-4-8-11)12-9-5-2-6-10-12/h1-8H,14-15H2;1-10H. The lowest BCUT2D eigenvalue weighted by Crippen LogP contribution is -2.02. The number of hydrogen-bond donors (Lipinski definition) is 2. The second kappa shape index (κ2) is 9.85. The molecule has 0 aliphatic heterocycles. The zero-order valence-electron chi connectivity index (χ0n) is 16.4. The highest BCUT2D eigenvalue weighted by Crippen LogP contribution is 2.14. The van der Waals surface area contributed by atoms with E-state index in [0.29, 0.717) is 22.5 Å². The molecule has 0 saturated heterocycles. The minimum atomic E-state index is -0.0488. The minimum Gasteiger partial charge on any atom is -0.399 e. The summed E-state index contributed by atoms with van der Waals surface area (Å²) in [6.07, 6.45) is 0. The fraction of sp³-hybridized carbons (Fsp3) is 0. The van der Waals surface area contributed by atoms with Gasteiger partial charge in [0.15, 0.2) is 11.6 Å². The summed E-state index contributed by atoms with van der Waals surface area (Å²) in [5, 5.41) is 0. The Morgan fingerprint density at radius 3 is 1.37 bits per heavy atom. The van der Waals surface area contributed by atoms with Gasteiger partial charge >= 0.3 is 0 Å². The first-order valence-corrected chi connectivity index (χ1v) is 9.45. The molecular formula is C26H22N2O2. The van der Waals surface area contributed by atoms with Crippen LogP contribution in [0.3, 0.4) is 0 Å². The lowest BCUT2D eigenvalue weighted by atomic mass is 10.0. The first-order valence-electron chi connectivity index (χ1n) is 9.45. The number of ketones is 2. The molecule has 30 heavy (non-hydrogen) atoms. The van der Waals surface area contributed by atoms with Crippen LogP contribution in [0, 0.1) is 0 Å². The molecule has 4 rings (SSSR count). The van der Waals surface area contributed by atoms with Gasteiger partial charge in [0, 0.05) is 33.6 Å². The Bertz CT molecular complexity index is 1080. The summed E-state index contributed by atoms with van der Waals surface area (Å²) in [6, 6.07) is 32.4. The number of rotatable bonds is 4. The summed E-state index contributed by atoms with van der Waals surface area (Å²) in [6.45, 7) is 0. The Balaban J connectivity index is 0.000000172. The quantitative estimate of drug-likeness (QED) is 0.377. The second-order valence-electron chi connectivity index (χ2n) is 6.64. The van der Waals surface area contributed by atoms with E-state index >= 15 is 0 Å². The predicted molar refractivity (Wildman–Crippen MR) is 121 cm³/mol. The van der Waals surface area contributed by atoms with E-state index in [1.54, 1.807) is 48.5 Å². The topological polar surface area (TPSA) is 86.2 Å². The van der Waals surface area contributed by atoms with E-state index in [9.17, 15) is 9.59 Å². The normalized spacial score (nSPS) is 9.87. The van der Waals surface area contributed by atoms with Crippen LogP contribution in [-0.4, -0.2) is 11.6 Å². The molecule has 0 fully saturated rings. The number of hydrogen-bond acceptors (Lipinski definition) is 4. The summed E-state index contributed by atoms with van der Waals surface area (Å²) in [4.78, 5) is 23.9. The lowest BCUT2D eigenvalue weighted by Gasteiger charge is -2.02. The van der Waals surface area contributed by atoms with Crippen molar-refractivity contribution in [3.63, 3.8) is 0 Å². The van der Waals surface area contributed by atoms with E-state index in [2.05, 4.69) is 0 Å². The van der Waals surface area contributed by atoms with Gasteiger partial charge in [-0.05, 0) is 36.4 Å². The van der Waals surface area contributed by atoms with Crippen LogP contribution in [-0.2, 0) is 0 Å². The third-order valence-electron chi connectivity index (χ3n) is 4.39. The molecule has 4 aromatic carbocycles. The number of anilines is 2. The van der Waals surface area contributed by atoms with Gasteiger partial charge in [-0.1, -0.05) is 72.8 Å². The van der Waals surface area contributed by atoms with Crippen LogP contribution in [0.25, 0.3) is 0 Å². The van der Waals surface area contributed by atoms with Gasteiger partial charge in [-0.2, -0.15) is 0 Å². The Labute approximate surface area is 175 Å². The molecule has 4 nitrogen and oxygen atoms in total. The summed E-state index contributed by atoms with van der Waals surface area (Å²) >= 11 is 0. The zero-order valence-corrected chi connectivity index (χ0v) is 16.4. The number of nitrogens with two attached hydrogens (primary N) is 2. The number of carbonyl (C=O) groups excluding carboxylic acids is 2. The first-order chi connectivity index (χ1) is 14.5. The SMILES string of the molecule is Nc1ccc(C(=O)c2cccc(N)c2)cc1.O=C(c1ccccc1)c1ccccc1. The maximum absolute atomic E-state index is 12.0. The highest BCUT2D eigenvalue weighted by molar-refractivity contribution is 6.09. The first kappa shape index (κ1) is 20.6. The molecule has 0 atom stereocenters. The third-order valence-corrected chi connectivity index (χ3v) is 4.39. The fourth-order valence-electron chi connectivity index (χ4n) is 2.83. The monoisotopic (exact) mass is 394 g/mol. The molecule has 0 aliphatic carbocycles. The maximum Gasteiger partial charge on any atom is 0.193 e. The minimum absolute atomic E-state index is 0.0488. The van der Waals surface area contributed by atoms with Gasteiger partial charge in [0.1, 0.15) is 0 Å². The smallest absolute Gasteiger partial charge is 0.193 e. The van der Waals surface area contributed by atoms with Crippen molar-refractivity contribution >= 4 is 22.9 Å². The highest BCUT2D eigenvalue weighted by atomic mass is 16.1. The van der Waals surface area contributed by atoms with Crippen molar-refractivity contribution in [2.75, 3.05) is 11.5 Å². The Kier molecular flexibility index (Phi) is 6.74. The fourth-order valence-corrected chi connectivity index (χ4v) is 2.83. The number of carbonyl (C=O) groups is 2. The summed E-state index contributed by atoms with van der Waals surface area (Å²) in [7, 11) is 0. The summed E-state index contributed by atoms with van der Waals surface area (Å²) < 4.78 is 0. The molecule has 148 valence electrons. The highest BCUT2D eigenvalue weighted by Gasteiger charge is 2.08. The summed E-state index contributed by atoms with van der Waals surface area (Å²) in [5.74, 6) is 0.0264. The maximum atomic E-state index is 12.0. The van der Waals surface area contributed by atoms with Crippen molar-refractivity contribution in [3.05, 3.63) is 131 Å². The Hall–Kier alpha value is -4.18. The van der Waals surface area contributed by atoms with Crippen LogP contribution in [0.5, 0.6) is 0 Å². The average molecular weight is 394 g/mol. The van der Waals surface area contributed by atoms with Gasteiger partial charge in [0.25, 0.3) is 0 Å². The predicted octanol–water partition coefficient (Wildman–Crippen LogP) is 5.00. The van der Waals surface area contributed by atoms with Crippen LogP contribution in [0.1, 0.15) is 31.8 Å². The second-order valence-corrected chi connectivity index (χ2v) is 6.64. The van der Waals surface area contributed by atoms with Crippen LogP contribution >= 0.6 is 0 Å². The van der Waals surface area contributed by atoms with Crippen molar-refractivity contribution < 1.29 is 9.59 Å². The zero-order chi connectivity index (χ0) is 21.3. The van der Waals surface area contributed by atoms with Crippen molar-refractivity contribution in [2.45, 2.75) is 0 Å². The van der Waals surface area contributed by atoms with Crippen LogP contribution in [0.15, 0.2) is 109 Å². The van der Waals surface area contributed by atoms with Crippen molar-refractivity contribution in [1.82, 2.24) is 0 Å². The lowest BCUT2D eigenvalue weighted by molar-refractivity contribution is 0.103. The molecular weight excluding hydrogens is 372 g/mol. The van der Waals surface area contributed by atoms with E-state index in [1.165, 1.54) is 0 Å². The Morgan fingerprint density at radius 1 is 0.433 bits per heavy atom. The average Bonchev–Trinajstić information content (AvgIpc) is 2.80. The molecule has 4 aromatic rings. The van der Waals surface area contributed by atoms with Crippen molar-refractivity contribution in [1.29, 1.82) is 0 Å². The molecule has 0 aromatic heterocycles. The number of benzene rings is 4. The molecule has 0 aliphatic rings. The van der Waals surface area contributed by atoms with E-state index in [4.69, 9.17) is 11.5 Å². The van der Waals surface area contributed by atoms with Crippen LogP contribution in [0.4, 0.5) is 11.4 Å². The van der Waals surface area contributed by atoms with E-state index in [0.717, 1.165) is 11.1 Å². The van der Waals surface area contributed by atoms with Gasteiger partial charge in [0.05, 0.1) is 0 Å². The molecule has 0 spiro atoms. The largest absolute Gasteiger partial charge is 0.399 e. The van der Waals surface area contributed by atoms with Crippen molar-refractivity contribution in [3.8, 4) is 0 Å². The molecule has 0 heterocycles.